The Labute approximate surface area is 166 Å². The minimum Gasteiger partial charge on any atom is -0.497 e. The first-order valence-electron chi connectivity index (χ1n) is 9.55. The van der Waals surface area contributed by atoms with Crippen molar-refractivity contribution < 1.29 is 9.53 Å². The number of benzene rings is 2. The topological polar surface area (TPSA) is 56.1 Å². The number of hydrogen-bond acceptors (Lipinski definition) is 3. The molecular formula is C23H27N3O2. The third-order valence-corrected chi connectivity index (χ3v) is 4.73. The van der Waals surface area contributed by atoms with Gasteiger partial charge in [-0.1, -0.05) is 43.7 Å². The number of nitrogens with zero attached hydrogens (tertiary/aromatic N) is 2. The van der Waals surface area contributed by atoms with Gasteiger partial charge in [-0.3, -0.25) is 4.79 Å². The number of amides is 1. The van der Waals surface area contributed by atoms with Gasteiger partial charge in [-0.2, -0.15) is 5.10 Å². The lowest BCUT2D eigenvalue weighted by Crippen LogP contribution is -2.26. The summed E-state index contributed by atoms with van der Waals surface area (Å²) in [5.41, 5.74) is 4.86. The van der Waals surface area contributed by atoms with E-state index in [4.69, 9.17) is 4.74 Å². The van der Waals surface area contributed by atoms with E-state index in [2.05, 4.69) is 43.3 Å². The van der Waals surface area contributed by atoms with Crippen molar-refractivity contribution in [3.8, 4) is 11.4 Å². The molecule has 0 aliphatic heterocycles. The Hall–Kier alpha value is -3.08. The van der Waals surface area contributed by atoms with Gasteiger partial charge in [0, 0.05) is 6.54 Å². The largest absolute Gasteiger partial charge is 0.497 e. The Bertz CT molecular complexity index is 925. The maximum absolute atomic E-state index is 12.8. The van der Waals surface area contributed by atoms with E-state index in [0.717, 1.165) is 29.1 Å². The first-order chi connectivity index (χ1) is 13.5. The van der Waals surface area contributed by atoms with Crippen LogP contribution in [0, 0.1) is 6.92 Å². The molecule has 0 unspecified atom stereocenters. The molecule has 28 heavy (non-hydrogen) atoms. The maximum atomic E-state index is 12.8. The van der Waals surface area contributed by atoms with Crippen LogP contribution in [0.5, 0.6) is 5.75 Å². The summed E-state index contributed by atoms with van der Waals surface area (Å²) in [6, 6.07) is 16.0. The van der Waals surface area contributed by atoms with Gasteiger partial charge < -0.3 is 10.1 Å². The minimum absolute atomic E-state index is 0.0874. The van der Waals surface area contributed by atoms with Crippen molar-refractivity contribution in [2.45, 2.75) is 33.1 Å². The minimum atomic E-state index is -0.0874. The second-order valence-electron chi connectivity index (χ2n) is 7.20. The predicted molar refractivity (Wildman–Crippen MR) is 111 cm³/mol. The fourth-order valence-corrected chi connectivity index (χ4v) is 3.19. The highest BCUT2D eigenvalue weighted by Crippen LogP contribution is 2.23. The monoisotopic (exact) mass is 377 g/mol. The molecule has 2 aromatic carbocycles. The van der Waals surface area contributed by atoms with Gasteiger partial charge in [0.25, 0.3) is 5.91 Å². The van der Waals surface area contributed by atoms with E-state index >= 15 is 0 Å². The van der Waals surface area contributed by atoms with Gasteiger partial charge >= 0.3 is 0 Å². The number of rotatable bonds is 7. The predicted octanol–water partition coefficient (Wildman–Crippen LogP) is 4.29. The van der Waals surface area contributed by atoms with Crippen LogP contribution in [0.3, 0.4) is 0 Å². The zero-order valence-electron chi connectivity index (χ0n) is 16.9. The molecule has 0 fully saturated rings. The van der Waals surface area contributed by atoms with E-state index in [-0.39, 0.29) is 11.8 Å². The number of hydrogen-bond donors (Lipinski definition) is 1. The van der Waals surface area contributed by atoms with Crippen LogP contribution in [0.2, 0.25) is 0 Å². The number of aryl methyl sites for hydroxylation is 1. The molecule has 1 amide bonds. The number of nitrogens with one attached hydrogen (secondary N) is 1. The van der Waals surface area contributed by atoms with E-state index in [1.165, 1.54) is 5.56 Å². The van der Waals surface area contributed by atoms with E-state index in [9.17, 15) is 4.79 Å². The van der Waals surface area contributed by atoms with Gasteiger partial charge in [0.2, 0.25) is 0 Å². The Morgan fingerprint density at radius 3 is 2.39 bits per heavy atom. The van der Waals surface area contributed by atoms with Crippen LogP contribution in [0.4, 0.5) is 0 Å². The van der Waals surface area contributed by atoms with Crippen LogP contribution in [0.25, 0.3) is 5.69 Å². The quantitative estimate of drug-likeness (QED) is 0.668. The molecule has 3 rings (SSSR count). The van der Waals surface area contributed by atoms with E-state index < -0.39 is 0 Å². The highest BCUT2D eigenvalue weighted by molar-refractivity contribution is 5.95. The fraction of sp³-hybridized carbons (Fsp3) is 0.304. The Balaban J connectivity index is 1.71. The van der Waals surface area contributed by atoms with Crippen molar-refractivity contribution in [1.29, 1.82) is 0 Å². The number of ether oxygens (including phenoxy) is 1. The van der Waals surface area contributed by atoms with Crippen LogP contribution in [0.15, 0.2) is 54.7 Å². The average Bonchev–Trinajstić information content (AvgIpc) is 3.14. The first kappa shape index (κ1) is 19.7. The normalized spacial score (nSPS) is 10.9. The lowest BCUT2D eigenvalue weighted by molar-refractivity contribution is 0.0952. The van der Waals surface area contributed by atoms with Crippen molar-refractivity contribution in [3.05, 3.63) is 77.1 Å². The van der Waals surface area contributed by atoms with Crippen molar-refractivity contribution >= 4 is 5.91 Å². The summed E-state index contributed by atoms with van der Waals surface area (Å²) < 4.78 is 7.04. The molecule has 0 bridgehead atoms. The second-order valence-corrected chi connectivity index (χ2v) is 7.20. The summed E-state index contributed by atoms with van der Waals surface area (Å²) in [5.74, 6) is 0.916. The lowest BCUT2D eigenvalue weighted by atomic mass is 10.0. The Morgan fingerprint density at radius 2 is 1.79 bits per heavy atom. The van der Waals surface area contributed by atoms with Gasteiger partial charge in [0.1, 0.15) is 5.75 Å². The average molecular weight is 377 g/mol. The van der Waals surface area contributed by atoms with Crippen molar-refractivity contribution in [3.63, 3.8) is 0 Å². The number of carbonyl (C=O) groups is 1. The van der Waals surface area contributed by atoms with Gasteiger partial charge in [0.05, 0.1) is 30.3 Å². The van der Waals surface area contributed by atoms with Crippen LogP contribution in [-0.2, 0) is 6.42 Å². The van der Waals surface area contributed by atoms with Crippen LogP contribution in [-0.4, -0.2) is 29.3 Å². The van der Waals surface area contributed by atoms with Gasteiger partial charge in [0.15, 0.2) is 0 Å². The molecule has 146 valence electrons. The molecule has 0 aliphatic carbocycles. The second kappa shape index (κ2) is 8.74. The summed E-state index contributed by atoms with van der Waals surface area (Å²) in [4.78, 5) is 12.8. The summed E-state index contributed by atoms with van der Waals surface area (Å²) in [5, 5.41) is 7.51. The zero-order chi connectivity index (χ0) is 20.1. The van der Waals surface area contributed by atoms with Crippen molar-refractivity contribution in [2.24, 2.45) is 0 Å². The van der Waals surface area contributed by atoms with Gasteiger partial charge in [-0.05, 0) is 49.1 Å². The van der Waals surface area contributed by atoms with E-state index in [0.29, 0.717) is 12.1 Å². The molecule has 0 aliphatic rings. The summed E-state index contributed by atoms with van der Waals surface area (Å²) in [6.07, 6.45) is 2.43. The number of methoxy groups -OCH3 is 1. The van der Waals surface area contributed by atoms with E-state index in [1.807, 2.05) is 41.1 Å². The molecule has 5 heteroatoms. The molecule has 0 atom stereocenters. The van der Waals surface area contributed by atoms with Crippen molar-refractivity contribution in [2.75, 3.05) is 13.7 Å². The summed E-state index contributed by atoms with van der Waals surface area (Å²) in [7, 11) is 1.65. The van der Waals surface area contributed by atoms with Crippen LogP contribution < -0.4 is 10.1 Å². The smallest absolute Gasteiger partial charge is 0.254 e. The summed E-state index contributed by atoms with van der Waals surface area (Å²) in [6.45, 7) is 6.78. The summed E-state index contributed by atoms with van der Waals surface area (Å²) >= 11 is 0. The molecule has 1 N–H and O–H groups in total. The third kappa shape index (κ3) is 4.42. The molecule has 1 aromatic heterocycles. The van der Waals surface area contributed by atoms with Crippen molar-refractivity contribution in [1.82, 2.24) is 15.1 Å². The number of carbonyl (C=O) groups excluding carboxylic acids is 1. The highest BCUT2D eigenvalue weighted by Gasteiger charge is 2.20. The Morgan fingerprint density at radius 1 is 1.11 bits per heavy atom. The van der Waals surface area contributed by atoms with E-state index in [1.54, 1.807) is 13.3 Å². The third-order valence-electron chi connectivity index (χ3n) is 4.73. The molecular weight excluding hydrogens is 350 g/mol. The molecule has 0 saturated heterocycles. The fourth-order valence-electron chi connectivity index (χ4n) is 3.19. The van der Waals surface area contributed by atoms with Gasteiger partial charge in [-0.25, -0.2) is 4.68 Å². The SMILES string of the molecule is COc1ccc(CCNC(=O)c2cnn(-c3ccc(C)cc3)c2C(C)C)cc1. The lowest BCUT2D eigenvalue weighted by Gasteiger charge is -2.13. The molecule has 0 spiro atoms. The van der Waals surface area contributed by atoms with Crippen LogP contribution in [0.1, 0.15) is 46.9 Å². The molecule has 5 nitrogen and oxygen atoms in total. The van der Waals surface area contributed by atoms with Gasteiger partial charge in [-0.15, -0.1) is 0 Å². The Kier molecular flexibility index (Phi) is 6.14. The zero-order valence-corrected chi connectivity index (χ0v) is 16.9. The molecule has 1 heterocycles. The molecule has 0 saturated carbocycles. The van der Waals surface area contributed by atoms with Crippen LogP contribution >= 0.6 is 0 Å². The highest BCUT2D eigenvalue weighted by atomic mass is 16.5. The number of aromatic nitrogens is 2. The maximum Gasteiger partial charge on any atom is 0.254 e. The molecule has 0 radical (unpaired) electrons. The standard InChI is InChI=1S/C23H27N3O2/c1-16(2)22-21(15-25-26(22)19-9-5-17(3)6-10-19)23(27)24-14-13-18-7-11-20(28-4)12-8-18/h5-12,15-16H,13-14H2,1-4H3,(H,24,27). The molecule has 3 aromatic rings. The first-order valence-corrected chi connectivity index (χ1v) is 9.55.